The van der Waals surface area contributed by atoms with Crippen molar-refractivity contribution in [3.8, 4) is 0 Å². The molecule has 114 valence electrons. The third-order valence-corrected chi connectivity index (χ3v) is 2.55. The minimum Gasteiger partial charge on any atom is -0.407 e. The summed E-state index contributed by atoms with van der Waals surface area (Å²) < 4.78 is 5.40. The zero-order valence-electron chi connectivity index (χ0n) is 12.9. The predicted octanol–water partition coefficient (Wildman–Crippen LogP) is 1.14. The largest absolute Gasteiger partial charge is 0.407 e. The van der Waals surface area contributed by atoms with Gasteiger partial charge >= 0.3 is 6.01 Å². The number of nitrogens with one attached hydrogen (secondary N) is 3. The molecule has 1 amide bonds. The Labute approximate surface area is 119 Å². The highest BCUT2D eigenvalue weighted by Crippen LogP contribution is 2.07. The molecule has 7 heteroatoms. The summed E-state index contributed by atoms with van der Waals surface area (Å²) in [4.78, 5) is 11.8. The summed E-state index contributed by atoms with van der Waals surface area (Å²) in [5.74, 6) is 0.831. The lowest BCUT2D eigenvalue weighted by Gasteiger charge is -2.13. The smallest absolute Gasteiger partial charge is 0.316 e. The monoisotopic (exact) mass is 283 g/mol. The first-order valence-corrected chi connectivity index (χ1v) is 6.98. The fourth-order valence-corrected chi connectivity index (χ4v) is 1.38. The van der Waals surface area contributed by atoms with Crippen LogP contribution in [-0.2, 0) is 11.3 Å². The number of hydrogen-bond acceptors (Lipinski definition) is 6. The maximum atomic E-state index is 11.8. The lowest BCUT2D eigenvalue weighted by atomic mass is 10.2. The first-order chi connectivity index (χ1) is 9.38. The highest BCUT2D eigenvalue weighted by Gasteiger charge is 2.15. The van der Waals surface area contributed by atoms with E-state index in [0.717, 1.165) is 0 Å². The van der Waals surface area contributed by atoms with Crippen LogP contribution >= 0.6 is 0 Å². The molecule has 0 aromatic carbocycles. The van der Waals surface area contributed by atoms with E-state index >= 15 is 0 Å². The van der Waals surface area contributed by atoms with Crippen LogP contribution in [0.4, 0.5) is 6.01 Å². The van der Waals surface area contributed by atoms with Crippen LogP contribution in [0.15, 0.2) is 4.42 Å². The highest BCUT2D eigenvalue weighted by molar-refractivity contribution is 5.83. The van der Waals surface area contributed by atoms with Crippen LogP contribution < -0.4 is 16.0 Å². The van der Waals surface area contributed by atoms with Gasteiger partial charge in [-0.05, 0) is 12.8 Å². The summed E-state index contributed by atoms with van der Waals surface area (Å²) in [6.45, 7) is 11.1. The van der Waals surface area contributed by atoms with Crippen molar-refractivity contribution in [2.75, 3.05) is 11.9 Å². The second kappa shape index (κ2) is 7.84. The Kier molecular flexibility index (Phi) is 6.44. The number of rotatable bonds is 8. The van der Waals surface area contributed by atoms with Crippen LogP contribution in [0.1, 0.15) is 40.5 Å². The Hall–Kier alpha value is -1.63. The minimum absolute atomic E-state index is 0.0845. The Morgan fingerprint density at radius 1 is 1.20 bits per heavy atom. The normalized spacial score (nSPS) is 12.8. The maximum absolute atomic E-state index is 11.8. The fraction of sp³-hybridized carbons (Fsp3) is 0.769. The molecular weight excluding hydrogens is 258 g/mol. The third kappa shape index (κ3) is 6.01. The summed E-state index contributed by atoms with van der Waals surface area (Å²) in [7, 11) is 0. The molecule has 0 aliphatic rings. The second-order valence-corrected chi connectivity index (χ2v) is 5.54. The van der Waals surface area contributed by atoms with Gasteiger partial charge in [-0.1, -0.05) is 32.8 Å². The second-order valence-electron chi connectivity index (χ2n) is 5.54. The van der Waals surface area contributed by atoms with E-state index in [1.54, 1.807) is 6.92 Å². The molecule has 20 heavy (non-hydrogen) atoms. The van der Waals surface area contributed by atoms with Crippen molar-refractivity contribution >= 4 is 11.9 Å². The molecule has 0 aliphatic carbocycles. The van der Waals surface area contributed by atoms with Crippen LogP contribution in [-0.4, -0.2) is 34.7 Å². The molecule has 1 aromatic rings. The van der Waals surface area contributed by atoms with E-state index in [1.165, 1.54) is 0 Å². The van der Waals surface area contributed by atoms with Gasteiger partial charge in [-0.2, -0.15) is 0 Å². The maximum Gasteiger partial charge on any atom is 0.316 e. The van der Waals surface area contributed by atoms with E-state index in [2.05, 4.69) is 26.1 Å². The van der Waals surface area contributed by atoms with E-state index < -0.39 is 6.04 Å². The van der Waals surface area contributed by atoms with Crippen LogP contribution in [0, 0.1) is 5.92 Å². The van der Waals surface area contributed by atoms with Gasteiger partial charge in [0.15, 0.2) is 0 Å². The number of anilines is 1. The van der Waals surface area contributed by atoms with Gasteiger partial charge in [-0.15, -0.1) is 5.10 Å². The van der Waals surface area contributed by atoms with Crippen molar-refractivity contribution in [3.05, 3.63) is 5.89 Å². The first kappa shape index (κ1) is 16.4. The number of aromatic nitrogens is 2. The number of hydrogen-bond donors (Lipinski definition) is 3. The molecule has 1 unspecified atom stereocenters. The van der Waals surface area contributed by atoms with E-state index in [4.69, 9.17) is 4.42 Å². The van der Waals surface area contributed by atoms with Crippen molar-refractivity contribution in [1.82, 2.24) is 20.8 Å². The number of carbonyl (C=O) groups excluding carboxylic acids is 1. The van der Waals surface area contributed by atoms with E-state index in [-0.39, 0.29) is 11.9 Å². The van der Waals surface area contributed by atoms with Crippen LogP contribution in [0.5, 0.6) is 0 Å². The average molecular weight is 283 g/mol. The Balaban J connectivity index is 2.41. The van der Waals surface area contributed by atoms with Crippen molar-refractivity contribution in [1.29, 1.82) is 0 Å². The zero-order valence-corrected chi connectivity index (χ0v) is 12.9. The summed E-state index contributed by atoms with van der Waals surface area (Å²) >= 11 is 0. The lowest BCUT2D eigenvalue weighted by Crippen LogP contribution is -2.39. The number of carbonyl (C=O) groups is 1. The van der Waals surface area contributed by atoms with Gasteiger partial charge < -0.3 is 20.4 Å². The van der Waals surface area contributed by atoms with E-state index in [0.29, 0.717) is 30.9 Å². The predicted molar refractivity (Wildman–Crippen MR) is 77.2 cm³/mol. The molecule has 3 N–H and O–H groups in total. The third-order valence-electron chi connectivity index (χ3n) is 2.55. The minimum atomic E-state index is -0.417. The van der Waals surface area contributed by atoms with Crippen molar-refractivity contribution in [3.63, 3.8) is 0 Å². The molecule has 0 fully saturated rings. The topological polar surface area (TPSA) is 92.1 Å². The quantitative estimate of drug-likeness (QED) is 0.662. The molecular formula is C13H25N5O2. The summed E-state index contributed by atoms with van der Waals surface area (Å²) in [5.41, 5.74) is 0. The Morgan fingerprint density at radius 2 is 1.90 bits per heavy atom. The molecule has 0 spiro atoms. The standard InChI is InChI=1S/C13H25N5O2/c1-8(2)6-15-12(19)10(5)16-13-18-17-11(20-13)7-14-9(3)4/h8-10,14H,6-7H2,1-5H3,(H,15,19)(H,16,18). The molecule has 0 radical (unpaired) electrons. The summed E-state index contributed by atoms with van der Waals surface area (Å²) in [6, 6.07) is 0.192. The van der Waals surface area contributed by atoms with E-state index in [1.807, 2.05) is 27.7 Å². The van der Waals surface area contributed by atoms with Gasteiger partial charge in [0.25, 0.3) is 0 Å². The van der Waals surface area contributed by atoms with Gasteiger partial charge in [0.1, 0.15) is 6.04 Å². The molecule has 0 aliphatic heterocycles. The van der Waals surface area contributed by atoms with Gasteiger partial charge in [0.2, 0.25) is 11.8 Å². The number of amides is 1. The fourth-order valence-electron chi connectivity index (χ4n) is 1.38. The van der Waals surface area contributed by atoms with Crippen molar-refractivity contribution < 1.29 is 9.21 Å². The molecule has 1 aromatic heterocycles. The molecule has 1 heterocycles. The number of nitrogens with zero attached hydrogens (tertiary/aromatic N) is 2. The van der Waals surface area contributed by atoms with Crippen LogP contribution in [0.3, 0.4) is 0 Å². The zero-order chi connectivity index (χ0) is 15.1. The van der Waals surface area contributed by atoms with Gasteiger partial charge in [-0.25, -0.2) is 0 Å². The Morgan fingerprint density at radius 3 is 2.50 bits per heavy atom. The van der Waals surface area contributed by atoms with Gasteiger partial charge in [-0.3, -0.25) is 4.79 Å². The molecule has 0 bridgehead atoms. The highest BCUT2D eigenvalue weighted by atomic mass is 16.4. The SMILES string of the molecule is CC(C)CNC(=O)C(C)Nc1nnc(CNC(C)C)o1. The lowest BCUT2D eigenvalue weighted by molar-refractivity contribution is -0.121. The molecule has 0 saturated heterocycles. The van der Waals surface area contributed by atoms with Crippen LogP contribution in [0.25, 0.3) is 0 Å². The van der Waals surface area contributed by atoms with Gasteiger partial charge in [0, 0.05) is 12.6 Å². The van der Waals surface area contributed by atoms with Crippen LogP contribution in [0.2, 0.25) is 0 Å². The van der Waals surface area contributed by atoms with Gasteiger partial charge in [0.05, 0.1) is 6.54 Å². The molecule has 1 rings (SSSR count). The molecule has 0 saturated carbocycles. The van der Waals surface area contributed by atoms with Crippen molar-refractivity contribution in [2.24, 2.45) is 5.92 Å². The summed E-state index contributed by atoms with van der Waals surface area (Å²) in [5, 5.41) is 16.7. The molecule has 7 nitrogen and oxygen atoms in total. The summed E-state index contributed by atoms with van der Waals surface area (Å²) in [6.07, 6.45) is 0. The first-order valence-electron chi connectivity index (χ1n) is 6.98. The van der Waals surface area contributed by atoms with E-state index in [9.17, 15) is 4.79 Å². The molecule has 1 atom stereocenters. The Bertz CT molecular complexity index is 417. The average Bonchev–Trinajstić information content (AvgIpc) is 2.81. The van der Waals surface area contributed by atoms with Crippen molar-refractivity contribution in [2.45, 2.75) is 53.2 Å².